The van der Waals surface area contributed by atoms with Crippen molar-refractivity contribution in [3.63, 3.8) is 0 Å². The summed E-state index contributed by atoms with van der Waals surface area (Å²) in [6.45, 7) is 4.79. The minimum Gasteiger partial charge on any atom is -0.380 e. The van der Waals surface area contributed by atoms with Crippen LogP contribution in [0.2, 0.25) is 0 Å². The molecule has 2 rings (SSSR count). The molecule has 21 heavy (non-hydrogen) atoms. The monoisotopic (exact) mass is 288 g/mol. The molecule has 112 valence electrons. The highest BCUT2D eigenvalue weighted by molar-refractivity contribution is 5.96. The average Bonchev–Trinajstić information content (AvgIpc) is 2.45. The summed E-state index contributed by atoms with van der Waals surface area (Å²) in [5, 5.41) is 15.2. The van der Waals surface area contributed by atoms with Gasteiger partial charge in [0.25, 0.3) is 5.69 Å². The number of benzene rings is 1. The standard InChI is InChI=1S/C15H20N4O2/c1-10(2)8-11(9-16)18-13-6-7-17-15-12(13)4-3-5-14(15)19(20)21/h3-7,10-11H,8-9,16H2,1-2H3,(H,17,18). The summed E-state index contributed by atoms with van der Waals surface area (Å²) in [6, 6.07) is 6.94. The Morgan fingerprint density at radius 2 is 2.14 bits per heavy atom. The Hall–Kier alpha value is -2.21. The number of rotatable bonds is 6. The Bertz CT molecular complexity index is 643. The number of non-ortho nitro benzene ring substituents is 1. The molecule has 0 amide bonds. The summed E-state index contributed by atoms with van der Waals surface area (Å²) in [6.07, 6.45) is 2.52. The van der Waals surface area contributed by atoms with E-state index in [0.717, 1.165) is 17.5 Å². The van der Waals surface area contributed by atoms with E-state index < -0.39 is 4.92 Å². The van der Waals surface area contributed by atoms with Gasteiger partial charge in [0, 0.05) is 35.9 Å². The Labute approximate surface area is 123 Å². The molecular formula is C15H20N4O2. The topological polar surface area (TPSA) is 94.1 Å². The van der Waals surface area contributed by atoms with Gasteiger partial charge in [0.15, 0.2) is 0 Å². The number of pyridine rings is 1. The van der Waals surface area contributed by atoms with Crippen molar-refractivity contribution in [3.05, 3.63) is 40.6 Å². The molecule has 1 aromatic carbocycles. The van der Waals surface area contributed by atoms with Crippen LogP contribution >= 0.6 is 0 Å². The molecule has 0 saturated carbocycles. The fourth-order valence-corrected chi connectivity index (χ4v) is 2.44. The summed E-state index contributed by atoms with van der Waals surface area (Å²) in [5.74, 6) is 0.522. The van der Waals surface area contributed by atoms with E-state index in [1.54, 1.807) is 12.3 Å². The first-order valence-electron chi connectivity index (χ1n) is 7.01. The van der Waals surface area contributed by atoms with Crippen molar-refractivity contribution in [2.24, 2.45) is 11.7 Å². The second-order valence-electron chi connectivity index (χ2n) is 5.50. The molecule has 1 unspecified atom stereocenters. The van der Waals surface area contributed by atoms with Gasteiger partial charge in [-0.05, 0) is 18.4 Å². The summed E-state index contributed by atoms with van der Waals surface area (Å²) in [5.41, 5.74) is 7.05. The van der Waals surface area contributed by atoms with Crippen molar-refractivity contribution in [1.82, 2.24) is 4.98 Å². The largest absolute Gasteiger partial charge is 0.380 e. The highest BCUT2D eigenvalue weighted by Gasteiger charge is 2.16. The third-order valence-corrected chi connectivity index (χ3v) is 3.35. The highest BCUT2D eigenvalue weighted by Crippen LogP contribution is 2.29. The van der Waals surface area contributed by atoms with Gasteiger partial charge in [-0.2, -0.15) is 0 Å². The Kier molecular flexibility index (Phi) is 4.70. The third kappa shape index (κ3) is 3.46. The van der Waals surface area contributed by atoms with E-state index in [9.17, 15) is 10.1 Å². The van der Waals surface area contributed by atoms with Crippen molar-refractivity contribution < 1.29 is 4.92 Å². The van der Waals surface area contributed by atoms with Crippen LogP contribution in [-0.2, 0) is 0 Å². The number of nitro benzene ring substituents is 1. The zero-order valence-electron chi connectivity index (χ0n) is 12.2. The number of nitro groups is 1. The number of para-hydroxylation sites is 1. The molecule has 0 aliphatic heterocycles. The maximum atomic E-state index is 11.1. The molecule has 0 aliphatic rings. The number of fused-ring (bicyclic) bond motifs is 1. The number of hydrogen-bond acceptors (Lipinski definition) is 5. The quantitative estimate of drug-likeness (QED) is 0.629. The van der Waals surface area contributed by atoms with Crippen LogP contribution in [0.4, 0.5) is 11.4 Å². The number of nitrogens with zero attached hydrogens (tertiary/aromatic N) is 2. The fourth-order valence-electron chi connectivity index (χ4n) is 2.44. The zero-order valence-corrected chi connectivity index (χ0v) is 12.2. The van der Waals surface area contributed by atoms with E-state index in [2.05, 4.69) is 24.1 Å². The molecule has 1 aromatic heterocycles. The van der Waals surface area contributed by atoms with E-state index in [0.29, 0.717) is 18.0 Å². The first-order valence-corrected chi connectivity index (χ1v) is 7.01. The predicted octanol–water partition coefficient (Wildman–Crippen LogP) is 2.93. The molecule has 0 aliphatic carbocycles. The summed E-state index contributed by atoms with van der Waals surface area (Å²) >= 11 is 0. The van der Waals surface area contributed by atoms with E-state index in [1.165, 1.54) is 6.07 Å². The molecule has 0 radical (unpaired) electrons. The van der Waals surface area contributed by atoms with Gasteiger partial charge in [-0.3, -0.25) is 10.1 Å². The zero-order chi connectivity index (χ0) is 15.4. The van der Waals surface area contributed by atoms with E-state index in [1.807, 2.05) is 12.1 Å². The first kappa shape index (κ1) is 15.2. The number of nitrogens with one attached hydrogen (secondary N) is 1. The average molecular weight is 288 g/mol. The van der Waals surface area contributed by atoms with Crippen molar-refractivity contribution in [3.8, 4) is 0 Å². The molecule has 6 nitrogen and oxygen atoms in total. The predicted molar refractivity (Wildman–Crippen MR) is 84.3 cm³/mol. The summed E-state index contributed by atoms with van der Waals surface area (Å²) in [7, 11) is 0. The van der Waals surface area contributed by atoms with Gasteiger partial charge in [0.1, 0.15) is 5.52 Å². The van der Waals surface area contributed by atoms with Gasteiger partial charge in [-0.15, -0.1) is 0 Å². The van der Waals surface area contributed by atoms with Crippen LogP contribution in [0.1, 0.15) is 20.3 Å². The van der Waals surface area contributed by atoms with Gasteiger partial charge in [0.05, 0.1) is 4.92 Å². The van der Waals surface area contributed by atoms with Crippen LogP contribution in [0.3, 0.4) is 0 Å². The molecule has 0 saturated heterocycles. The molecule has 6 heteroatoms. The molecule has 1 heterocycles. The summed E-state index contributed by atoms with van der Waals surface area (Å²) in [4.78, 5) is 14.8. The van der Waals surface area contributed by atoms with Crippen molar-refractivity contribution in [1.29, 1.82) is 0 Å². The maximum Gasteiger partial charge on any atom is 0.295 e. The van der Waals surface area contributed by atoms with Gasteiger partial charge < -0.3 is 11.1 Å². The smallest absolute Gasteiger partial charge is 0.295 e. The maximum absolute atomic E-state index is 11.1. The van der Waals surface area contributed by atoms with Crippen LogP contribution in [0.5, 0.6) is 0 Å². The first-order chi connectivity index (χ1) is 10.0. The van der Waals surface area contributed by atoms with Crippen LogP contribution in [0, 0.1) is 16.0 Å². The van der Waals surface area contributed by atoms with E-state index in [4.69, 9.17) is 5.73 Å². The van der Waals surface area contributed by atoms with Crippen LogP contribution in [0.15, 0.2) is 30.5 Å². The van der Waals surface area contributed by atoms with Gasteiger partial charge in [-0.1, -0.05) is 26.0 Å². The minimum absolute atomic E-state index is 0.0179. The number of anilines is 1. The van der Waals surface area contributed by atoms with Crippen molar-refractivity contribution >= 4 is 22.3 Å². The number of hydrogen-bond donors (Lipinski definition) is 2. The molecule has 0 fully saturated rings. The highest BCUT2D eigenvalue weighted by atomic mass is 16.6. The molecular weight excluding hydrogens is 268 g/mol. The third-order valence-electron chi connectivity index (χ3n) is 3.35. The van der Waals surface area contributed by atoms with Gasteiger partial charge in [-0.25, -0.2) is 4.98 Å². The lowest BCUT2D eigenvalue weighted by Gasteiger charge is -2.21. The second-order valence-corrected chi connectivity index (χ2v) is 5.50. The Balaban J connectivity index is 2.41. The second kappa shape index (κ2) is 6.49. The normalized spacial score (nSPS) is 12.6. The molecule has 0 spiro atoms. The lowest BCUT2D eigenvalue weighted by atomic mass is 10.0. The van der Waals surface area contributed by atoms with Gasteiger partial charge in [0.2, 0.25) is 0 Å². The van der Waals surface area contributed by atoms with Crippen molar-refractivity contribution in [2.75, 3.05) is 11.9 Å². The number of nitrogens with two attached hydrogens (primary N) is 1. The van der Waals surface area contributed by atoms with Crippen molar-refractivity contribution in [2.45, 2.75) is 26.3 Å². The van der Waals surface area contributed by atoms with Crippen LogP contribution in [0.25, 0.3) is 10.9 Å². The Morgan fingerprint density at radius 3 is 2.76 bits per heavy atom. The molecule has 2 aromatic rings. The van der Waals surface area contributed by atoms with Gasteiger partial charge >= 0.3 is 0 Å². The van der Waals surface area contributed by atoms with E-state index >= 15 is 0 Å². The molecule has 1 atom stereocenters. The lowest BCUT2D eigenvalue weighted by Crippen LogP contribution is -2.30. The van der Waals surface area contributed by atoms with E-state index in [-0.39, 0.29) is 11.7 Å². The SMILES string of the molecule is CC(C)CC(CN)Nc1ccnc2c([N+](=O)[O-])cccc12. The number of aromatic nitrogens is 1. The Morgan fingerprint density at radius 1 is 1.38 bits per heavy atom. The van der Waals surface area contributed by atoms with Crippen LogP contribution < -0.4 is 11.1 Å². The molecule has 3 N–H and O–H groups in total. The lowest BCUT2D eigenvalue weighted by molar-refractivity contribution is -0.383. The molecule has 0 bridgehead atoms. The minimum atomic E-state index is -0.409. The van der Waals surface area contributed by atoms with Crippen LogP contribution in [-0.4, -0.2) is 22.5 Å². The summed E-state index contributed by atoms with van der Waals surface area (Å²) < 4.78 is 0. The fraction of sp³-hybridized carbons (Fsp3) is 0.400.